The maximum Gasteiger partial charge on any atom is 0.416 e. The van der Waals surface area contributed by atoms with Crippen LogP contribution in [0.2, 0.25) is 0 Å². The standard InChI is InChI=1S/C24H11F12N3/c25-21(26,27)14-6-12(7-15(10-14)22(28,29)30)19-37-38-20(39(19)18-4-2-1-3-5-18)13-8-16(23(31,32)33)11-17(9-13)24(34,35)36/h1-11H. The molecule has 0 saturated carbocycles. The van der Waals surface area contributed by atoms with Gasteiger partial charge >= 0.3 is 24.7 Å². The summed E-state index contributed by atoms with van der Waals surface area (Å²) in [5.74, 6) is -1.39. The zero-order valence-corrected chi connectivity index (χ0v) is 18.7. The first-order valence-corrected chi connectivity index (χ1v) is 10.5. The Morgan fingerprint density at radius 1 is 0.436 bits per heavy atom. The van der Waals surface area contributed by atoms with E-state index >= 15 is 0 Å². The molecule has 4 rings (SSSR count). The Bertz CT molecular complexity index is 1340. The van der Waals surface area contributed by atoms with Crippen molar-refractivity contribution in [2.45, 2.75) is 24.7 Å². The van der Waals surface area contributed by atoms with Gasteiger partial charge in [0.05, 0.1) is 22.3 Å². The average Bonchev–Trinajstić information content (AvgIpc) is 3.27. The van der Waals surface area contributed by atoms with Gasteiger partial charge in [0.2, 0.25) is 0 Å². The lowest BCUT2D eigenvalue weighted by atomic mass is 10.0. The quantitative estimate of drug-likeness (QED) is 0.231. The number of benzene rings is 3. The third kappa shape index (κ3) is 5.86. The number of hydrogen-bond donors (Lipinski definition) is 0. The average molecular weight is 569 g/mol. The Labute approximate surface area is 210 Å². The van der Waals surface area contributed by atoms with Gasteiger partial charge in [-0.2, -0.15) is 52.7 Å². The third-order valence-corrected chi connectivity index (χ3v) is 5.37. The Morgan fingerprint density at radius 2 is 0.744 bits per heavy atom. The van der Waals surface area contributed by atoms with Crippen molar-refractivity contribution in [2.24, 2.45) is 0 Å². The predicted octanol–water partition coefficient (Wildman–Crippen LogP) is 8.68. The monoisotopic (exact) mass is 569 g/mol. The van der Waals surface area contributed by atoms with Gasteiger partial charge in [0, 0.05) is 16.8 Å². The summed E-state index contributed by atoms with van der Waals surface area (Å²) in [6.07, 6.45) is -20.9. The maximum absolute atomic E-state index is 13.4. The van der Waals surface area contributed by atoms with Crippen molar-refractivity contribution in [1.82, 2.24) is 14.8 Å². The van der Waals surface area contributed by atoms with Crippen LogP contribution in [0.25, 0.3) is 28.5 Å². The van der Waals surface area contributed by atoms with E-state index in [2.05, 4.69) is 10.2 Å². The zero-order valence-electron chi connectivity index (χ0n) is 18.7. The molecule has 0 aliphatic rings. The van der Waals surface area contributed by atoms with Crippen molar-refractivity contribution >= 4 is 0 Å². The molecule has 15 heteroatoms. The van der Waals surface area contributed by atoms with Crippen LogP contribution in [-0.4, -0.2) is 14.8 Å². The molecule has 3 nitrogen and oxygen atoms in total. The number of hydrogen-bond acceptors (Lipinski definition) is 2. The van der Waals surface area contributed by atoms with Gasteiger partial charge in [-0.25, -0.2) is 0 Å². The Balaban J connectivity index is 2.06. The molecule has 1 aromatic heterocycles. The summed E-state index contributed by atoms with van der Waals surface area (Å²) < 4.78 is 162. The van der Waals surface area contributed by atoms with Crippen molar-refractivity contribution < 1.29 is 52.7 Å². The van der Waals surface area contributed by atoms with E-state index in [-0.39, 0.29) is 17.8 Å². The van der Waals surface area contributed by atoms with Crippen LogP contribution in [0, 0.1) is 0 Å². The predicted molar refractivity (Wildman–Crippen MR) is 112 cm³/mol. The van der Waals surface area contributed by atoms with Gasteiger partial charge < -0.3 is 0 Å². The van der Waals surface area contributed by atoms with Crippen molar-refractivity contribution in [1.29, 1.82) is 0 Å². The molecule has 0 bridgehead atoms. The van der Waals surface area contributed by atoms with Crippen LogP contribution in [-0.2, 0) is 24.7 Å². The summed E-state index contributed by atoms with van der Waals surface area (Å²) in [6, 6.07) is 7.68. The summed E-state index contributed by atoms with van der Waals surface area (Å²) >= 11 is 0. The van der Waals surface area contributed by atoms with Crippen LogP contribution in [0.4, 0.5) is 52.7 Å². The van der Waals surface area contributed by atoms with Gasteiger partial charge in [-0.1, -0.05) is 18.2 Å². The summed E-state index contributed by atoms with van der Waals surface area (Å²) in [4.78, 5) is 0. The SMILES string of the molecule is FC(F)(F)c1cc(-c2nnc(-c3cc(C(F)(F)F)cc(C(F)(F)F)c3)n2-c2ccccc2)cc(C(F)(F)F)c1. The Kier molecular flexibility index (Phi) is 6.68. The third-order valence-electron chi connectivity index (χ3n) is 5.37. The smallest absolute Gasteiger partial charge is 0.275 e. The lowest BCUT2D eigenvalue weighted by molar-refractivity contribution is -0.144. The molecular weight excluding hydrogens is 558 g/mol. The van der Waals surface area contributed by atoms with E-state index in [1.54, 1.807) is 0 Å². The first kappa shape index (κ1) is 28.0. The highest BCUT2D eigenvalue weighted by Gasteiger charge is 2.39. The molecule has 1 heterocycles. The number of nitrogens with zero attached hydrogens (tertiary/aromatic N) is 3. The fraction of sp³-hybridized carbons (Fsp3) is 0.167. The van der Waals surface area contributed by atoms with E-state index in [1.165, 1.54) is 30.3 Å². The Hall–Kier alpha value is -4.04. The minimum Gasteiger partial charge on any atom is -0.275 e. The molecule has 39 heavy (non-hydrogen) atoms. The van der Waals surface area contributed by atoms with Crippen molar-refractivity contribution in [3.8, 4) is 28.5 Å². The van der Waals surface area contributed by atoms with Crippen molar-refractivity contribution in [3.63, 3.8) is 0 Å². The van der Waals surface area contributed by atoms with Crippen LogP contribution in [0.3, 0.4) is 0 Å². The number of halogens is 12. The van der Waals surface area contributed by atoms with Gasteiger partial charge in [-0.3, -0.25) is 4.57 Å². The highest BCUT2D eigenvalue weighted by Crippen LogP contribution is 2.41. The maximum atomic E-state index is 13.4. The molecular formula is C24H11F12N3. The van der Waals surface area contributed by atoms with Gasteiger partial charge in [0.25, 0.3) is 0 Å². The minimum absolute atomic E-state index is 0.0653. The normalized spacial score (nSPS) is 13.1. The second kappa shape index (κ2) is 9.31. The van der Waals surface area contributed by atoms with Crippen LogP contribution in [0.1, 0.15) is 22.3 Å². The van der Waals surface area contributed by atoms with E-state index in [9.17, 15) is 52.7 Å². The highest BCUT2D eigenvalue weighted by molar-refractivity contribution is 5.69. The molecule has 3 aromatic carbocycles. The summed E-state index contributed by atoms with van der Waals surface area (Å²) in [5.41, 5.74) is -8.50. The molecule has 0 saturated heterocycles. The second-order valence-corrected chi connectivity index (χ2v) is 8.11. The molecule has 0 radical (unpaired) electrons. The van der Waals surface area contributed by atoms with Crippen LogP contribution in [0.15, 0.2) is 66.7 Å². The summed E-state index contributed by atoms with van der Waals surface area (Å²) in [5, 5.41) is 7.17. The first-order valence-electron chi connectivity index (χ1n) is 10.5. The van der Waals surface area contributed by atoms with Crippen LogP contribution >= 0.6 is 0 Å². The van der Waals surface area contributed by atoms with E-state index in [0.29, 0.717) is 24.3 Å². The van der Waals surface area contributed by atoms with Gasteiger partial charge in [0.15, 0.2) is 11.6 Å². The number of aromatic nitrogens is 3. The van der Waals surface area contributed by atoms with E-state index < -0.39 is 69.7 Å². The van der Waals surface area contributed by atoms with Crippen molar-refractivity contribution in [3.05, 3.63) is 89.0 Å². The largest absolute Gasteiger partial charge is 0.416 e. The molecule has 0 unspecified atom stereocenters. The molecule has 0 N–H and O–H groups in total. The van der Waals surface area contributed by atoms with E-state index in [1.807, 2.05) is 0 Å². The number of para-hydroxylation sites is 1. The Morgan fingerprint density at radius 3 is 1.03 bits per heavy atom. The molecule has 0 amide bonds. The second-order valence-electron chi connectivity index (χ2n) is 8.11. The molecule has 0 spiro atoms. The summed E-state index contributed by atoms with van der Waals surface area (Å²) in [7, 11) is 0. The van der Waals surface area contributed by atoms with Crippen LogP contribution in [0.5, 0.6) is 0 Å². The van der Waals surface area contributed by atoms with E-state index in [4.69, 9.17) is 0 Å². The lowest BCUT2D eigenvalue weighted by Crippen LogP contribution is -2.12. The lowest BCUT2D eigenvalue weighted by Gasteiger charge is -2.17. The van der Waals surface area contributed by atoms with E-state index in [0.717, 1.165) is 4.57 Å². The van der Waals surface area contributed by atoms with Crippen molar-refractivity contribution in [2.75, 3.05) is 0 Å². The minimum atomic E-state index is -5.24. The van der Waals surface area contributed by atoms with Gasteiger partial charge in [-0.05, 0) is 48.5 Å². The molecule has 0 atom stereocenters. The fourth-order valence-corrected chi connectivity index (χ4v) is 3.65. The van der Waals surface area contributed by atoms with Gasteiger partial charge in [0.1, 0.15) is 0 Å². The number of rotatable bonds is 3. The molecule has 0 fully saturated rings. The molecule has 0 aliphatic heterocycles. The number of alkyl halides is 12. The summed E-state index contributed by atoms with van der Waals surface area (Å²) in [6.45, 7) is 0. The molecule has 206 valence electrons. The first-order chi connectivity index (χ1) is 17.9. The zero-order chi connectivity index (χ0) is 29.0. The topological polar surface area (TPSA) is 30.7 Å². The highest BCUT2D eigenvalue weighted by atomic mass is 19.4. The molecule has 4 aromatic rings. The fourth-order valence-electron chi connectivity index (χ4n) is 3.65. The van der Waals surface area contributed by atoms with Gasteiger partial charge in [-0.15, -0.1) is 10.2 Å². The van der Waals surface area contributed by atoms with Crippen LogP contribution < -0.4 is 0 Å². The molecule has 0 aliphatic carbocycles.